The van der Waals surface area contributed by atoms with Crippen molar-refractivity contribution in [3.63, 3.8) is 0 Å². The van der Waals surface area contributed by atoms with Gasteiger partial charge in [0.1, 0.15) is 0 Å². The first kappa shape index (κ1) is 20.9. The van der Waals surface area contributed by atoms with E-state index in [1.807, 2.05) is 6.08 Å². The van der Waals surface area contributed by atoms with Crippen molar-refractivity contribution in [3.8, 4) is 0 Å². The van der Waals surface area contributed by atoms with Crippen LogP contribution in [-0.4, -0.2) is 22.5 Å². The molecule has 0 aromatic heterocycles. The predicted molar refractivity (Wildman–Crippen MR) is 95.8 cm³/mol. The summed E-state index contributed by atoms with van der Waals surface area (Å²) in [6.07, 6.45) is 11.6. The molecule has 0 unspecified atom stereocenters. The molecule has 0 bridgehead atoms. The molecule has 0 saturated heterocycles. The van der Waals surface area contributed by atoms with Gasteiger partial charge in [-0.3, -0.25) is 4.79 Å². The summed E-state index contributed by atoms with van der Waals surface area (Å²) in [5.41, 5.74) is 0.0933. The van der Waals surface area contributed by atoms with Gasteiger partial charge in [-0.2, -0.15) is 0 Å². The summed E-state index contributed by atoms with van der Waals surface area (Å²) in [5.74, 6) is 0.444. The van der Waals surface area contributed by atoms with Gasteiger partial charge in [0.15, 0.2) is 5.78 Å². The third-order valence-corrected chi connectivity index (χ3v) is 8.58. The maximum atomic E-state index is 11.9. The van der Waals surface area contributed by atoms with Crippen LogP contribution in [0.15, 0.2) is 23.8 Å². The molecule has 4 aliphatic rings. The molecule has 0 amide bonds. The van der Waals surface area contributed by atoms with Gasteiger partial charge in [0.25, 0.3) is 0 Å². The van der Waals surface area contributed by atoms with Gasteiger partial charge in [-0.15, -0.1) is 0 Å². The molecular weight excluding hydrogens is 335 g/mol. The zero-order chi connectivity index (χ0) is 18.7. The largest absolute Gasteiger partial charge is 1.00 e. The van der Waals surface area contributed by atoms with Crippen LogP contribution in [0.2, 0.25) is 0 Å². The molecule has 5 heteroatoms. The van der Waals surface area contributed by atoms with E-state index < -0.39 is 11.6 Å². The van der Waals surface area contributed by atoms with E-state index >= 15 is 0 Å². The van der Waals surface area contributed by atoms with Crippen LogP contribution in [0.25, 0.3) is 0 Å². The second-order valence-corrected chi connectivity index (χ2v) is 9.53. The Balaban J connectivity index is 0.00000210. The van der Waals surface area contributed by atoms with Crippen molar-refractivity contribution in [2.45, 2.75) is 70.8 Å². The van der Waals surface area contributed by atoms with E-state index in [1.54, 1.807) is 0 Å². The minimum atomic E-state index is -1.08. The molecule has 4 rings (SSSR count). The average molecular weight is 364 g/mol. The van der Waals surface area contributed by atoms with E-state index in [9.17, 15) is 19.8 Å². The fraction of sp³-hybridized carbons (Fsp3) is 0.727. The second-order valence-electron chi connectivity index (χ2n) is 9.53. The van der Waals surface area contributed by atoms with Crippen molar-refractivity contribution in [1.29, 1.82) is 0 Å². The van der Waals surface area contributed by atoms with Gasteiger partial charge in [-0.05, 0) is 85.2 Å². The number of carboxylic acids is 1. The number of aliphatic hydroxyl groups is 1. The number of rotatable bonds is 3. The Morgan fingerprint density at radius 3 is 2.63 bits per heavy atom. The maximum absolute atomic E-state index is 11.9. The predicted octanol–water partition coefficient (Wildman–Crippen LogP) is -0.440. The molecule has 0 aliphatic heterocycles. The molecule has 27 heavy (non-hydrogen) atoms. The third kappa shape index (κ3) is 3.00. The van der Waals surface area contributed by atoms with Crippen LogP contribution in [0.3, 0.4) is 0 Å². The van der Waals surface area contributed by atoms with Crippen LogP contribution in [0, 0.1) is 28.6 Å². The molecule has 2 saturated carbocycles. The number of carboxylic acid groups (broad SMARTS) is 1. The fourth-order valence-corrected chi connectivity index (χ4v) is 6.83. The molecule has 0 aromatic rings. The number of hydrogen-bond acceptors (Lipinski definition) is 4. The molecule has 1 N–H and O–H groups in total. The molecule has 0 heterocycles. The van der Waals surface area contributed by atoms with E-state index in [4.69, 9.17) is 0 Å². The fourth-order valence-electron chi connectivity index (χ4n) is 6.83. The minimum absolute atomic E-state index is 0. The van der Waals surface area contributed by atoms with Crippen molar-refractivity contribution in [2.24, 2.45) is 28.6 Å². The average Bonchev–Trinajstić information content (AvgIpc) is 2.86. The quantitative estimate of drug-likeness (QED) is 0.689. The van der Waals surface area contributed by atoms with Gasteiger partial charge in [0.05, 0.1) is 5.60 Å². The molecule has 0 spiro atoms. The van der Waals surface area contributed by atoms with E-state index in [1.165, 1.54) is 5.57 Å². The van der Waals surface area contributed by atoms with E-state index in [2.05, 4.69) is 26.0 Å². The monoisotopic (exact) mass is 364 g/mol. The van der Waals surface area contributed by atoms with Gasteiger partial charge >= 0.3 is 18.9 Å². The van der Waals surface area contributed by atoms with Crippen LogP contribution in [0.4, 0.5) is 0 Å². The van der Waals surface area contributed by atoms with E-state index in [-0.39, 0.29) is 41.9 Å². The first-order valence-electron chi connectivity index (χ1n) is 10.1. The van der Waals surface area contributed by atoms with Crippen molar-refractivity contribution < 1.29 is 38.7 Å². The maximum Gasteiger partial charge on any atom is 1.00 e. The topological polar surface area (TPSA) is 77.4 Å². The molecule has 4 nitrogen and oxygen atoms in total. The zero-order valence-electron chi connectivity index (χ0n) is 16.8. The summed E-state index contributed by atoms with van der Waals surface area (Å²) in [7, 11) is 0. The normalized spacial score (nSPS) is 45.2. The van der Waals surface area contributed by atoms with Crippen LogP contribution >= 0.6 is 0 Å². The number of hydrogen-bond donors (Lipinski definition) is 1. The summed E-state index contributed by atoms with van der Waals surface area (Å²) in [5, 5.41) is 22.3. The number of carbonyl (C=O) groups excluding carboxylic acids is 2. The van der Waals surface area contributed by atoms with Crippen molar-refractivity contribution in [1.82, 2.24) is 0 Å². The number of aliphatic carboxylic acids is 1. The van der Waals surface area contributed by atoms with Crippen molar-refractivity contribution >= 4 is 11.8 Å². The van der Waals surface area contributed by atoms with Gasteiger partial charge < -0.3 is 15.0 Å². The summed E-state index contributed by atoms with van der Waals surface area (Å²) in [6.45, 7) is 4.48. The van der Waals surface area contributed by atoms with Gasteiger partial charge in [0, 0.05) is 12.4 Å². The molecule has 2 fully saturated rings. The molecule has 0 radical (unpaired) electrons. The Labute approximate surface area is 173 Å². The zero-order valence-corrected chi connectivity index (χ0v) is 16.8. The summed E-state index contributed by atoms with van der Waals surface area (Å²) in [4.78, 5) is 22.8. The van der Waals surface area contributed by atoms with Crippen LogP contribution < -0.4 is 24.0 Å². The standard InChI is InChI=1S/C22H30O4.Li/c1-20-9-5-15(23)13-14(20)3-4-16-17(20)6-10-21(2)18(16)7-11-22(21,26)12-8-19(24)25;/h3-4,13,16-18,26H,5-12H2,1-2H3,(H,24,25);/q;+1/p-1/t16-,17+,18+,20+,21+,22-;/m1./s1. The Morgan fingerprint density at radius 1 is 1.22 bits per heavy atom. The summed E-state index contributed by atoms with van der Waals surface area (Å²) < 4.78 is 0. The summed E-state index contributed by atoms with van der Waals surface area (Å²) >= 11 is 0. The number of ketones is 1. The SMILES string of the molecule is C[C@]12CCC(=O)C=C1C=C[C@@H]1[C@@H]2CC[C@@]2(C)[C@H]1CC[C@@]2(O)CCC(=O)[O-].[Li+]. The van der Waals surface area contributed by atoms with Crippen LogP contribution in [0.5, 0.6) is 0 Å². The van der Waals surface area contributed by atoms with Crippen molar-refractivity contribution in [3.05, 3.63) is 23.8 Å². The number of allylic oxidation sites excluding steroid dienone is 4. The second kappa shape index (κ2) is 6.90. The number of fused-ring (bicyclic) bond motifs is 5. The first-order chi connectivity index (χ1) is 12.2. The molecule has 4 aliphatic carbocycles. The molecule has 6 atom stereocenters. The molecule has 142 valence electrons. The third-order valence-electron chi connectivity index (χ3n) is 8.58. The Morgan fingerprint density at radius 2 is 1.93 bits per heavy atom. The first-order valence-corrected chi connectivity index (χ1v) is 10.1. The summed E-state index contributed by atoms with van der Waals surface area (Å²) in [6, 6.07) is 0. The smallest absolute Gasteiger partial charge is 0.550 e. The van der Waals surface area contributed by atoms with E-state index in [0.29, 0.717) is 37.0 Å². The van der Waals surface area contributed by atoms with Gasteiger partial charge in [0.2, 0.25) is 0 Å². The Kier molecular flexibility index (Phi) is 5.34. The molecule has 0 aromatic carbocycles. The van der Waals surface area contributed by atoms with Crippen LogP contribution in [0.1, 0.15) is 65.2 Å². The molecular formula is C22H29LiO4. The number of carbonyl (C=O) groups is 2. The van der Waals surface area contributed by atoms with Gasteiger partial charge in [-0.1, -0.05) is 26.0 Å². The Bertz CT molecular complexity index is 713. The van der Waals surface area contributed by atoms with Crippen molar-refractivity contribution in [2.75, 3.05) is 0 Å². The van der Waals surface area contributed by atoms with E-state index in [0.717, 1.165) is 25.7 Å². The minimum Gasteiger partial charge on any atom is -0.550 e. The van der Waals surface area contributed by atoms with Gasteiger partial charge in [-0.25, -0.2) is 0 Å². The Hall–Kier alpha value is -0.823. The van der Waals surface area contributed by atoms with Crippen LogP contribution in [-0.2, 0) is 9.59 Å².